The molecule has 0 heterocycles. The normalized spacial score (nSPS) is 13.8. The Bertz CT molecular complexity index is 416. The second kappa shape index (κ2) is 4.69. The van der Waals surface area contributed by atoms with E-state index in [2.05, 4.69) is 4.72 Å². The Morgan fingerprint density at radius 1 is 1.40 bits per heavy atom. The van der Waals surface area contributed by atoms with Crippen LogP contribution in [-0.4, -0.2) is 14.5 Å². The maximum Gasteiger partial charge on any atom is 0.274 e. The minimum atomic E-state index is -3.68. The third-order valence-corrected chi connectivity index (χ3v) is 2.55. The van der Waals surface area contributed by atoms with E-state index in [1.807, 2.05) is 0 Å². The average molecular weight is 232 g/mol. The second-order valence-corrected chi connectivity index (χ2v) is 4.72. The molecule has 0 aliphatic carbocycles. The molecule has 3 N–H and O–H groups in total. The van der Waals surface area contributed by atoms with Crippen LogP contribution < -0.4 is 9.86 Å². The monoisotopic (exact) mass is 232 g/mol. The van der Waals surface area contributed by atoms with Gasteiger partial charge in [0, 0.05) is 6.04 Å². The number of benzene rings is 1. The first-order valence-electron chi connectivity index (χ1n) is 4.41. The smallest absolute Gasteiger partial charge is 0.216 e. The minimum Gasteiger partial charge on any atom is -0.216 e. The summed E-state index contributed by atoms with van der Waals surface area (Å²) >= 11 is 0. The van der Waals surface area contributed by atoms with Crippen molar-refractivity contribution < 1.29 is 12.8 Å². The Morgan fingerprint density at radius 2 is 1.93 bits per heavy atom. The van der Waals surface area contributed by atoms with Gasteiger partial charge in [-0.05, 0) is 31.0 Å². The van der Waals surface area contributed by atoms with Gasteiger partial charge in [-0.1, -0.05) is 12.1 Å². The first-order valence-corrected chi connectivity index (χ1v) is 5.96. The van der Waals surface area contributed by atoms with Gasteiger partial charge in [-0.25, -0.2) is 9.53 Å². The van der Waals surface area contributed by atoms with Crippen LogP contribution in [0.2, 0.25) is 0 Å². The summed E-state index contributed by atoms with van der Waals surface area (Å²) in [4.78, 5) is 0. The molecule has 0 aliphatic rings. The van der Waals surface area contributed by atoms with Crippen LogP contribution in [0.4, 0.5) is 4.39 Å². The van der Waals surface area contributed by atoms with Crippen LogP contribution in [0.5, 0.6) is 0 Å². The molecule has 0 saturated heterocycles. The lowest BCUT2D eigenvalue weighted by Gasteiger charge is -2.11. The summed E-state index contributed by atoms with van der Waals surface area (Å²) in [6.07, 6.45) is 0.469. The van der Waals surface area contributed by atoms with Crippen LogP contribution in [-0.2, 0) is 16.6 Å². The topological polar surface area (TPSA) is 72.2 Å². The van der Waals surface area contributed by atoms with Gasteiger partial charge in [-0.15, -0.1) is 0 Å². The van der Waals surface area contributed by atoms with Crippen LogP contribution in [0, 0.1) is 5.82 Å². The highest BCUT2D eigenvalue weighted by Crippen LogP contribution is 2.05. The standard InChI is InChI=1S/C9H13FN2O2S/c1-7(12-15(11,13)14)6-8-2-4-9(10)5-3-8/h2-5,7,12H,6H2,1H3,(H2,11,13,14). The van der Waals surface area contributed by atoms with E-state index in [9.17, 15) is 12.8 Å². The Labute approximate surface area is 88.5 Å². The van der Waals surface area contributed by atoms with Crippen LogP contribution in [0.1, 0.15) is 12.5 Å². The molecular formula is C9H13FN2O2S. The molecule has 0 aromatic heterocycles. The molecule has 15 heavy (non-hydrogen) atoms. The van der Waals surface area contributed by atoms with Gasteiger partial charge in [0.15, 0.2) is 0 Å². The Morgan fingerprint density at radius 3 is 2.40 bits per heavy atom. The SMILES string of the molecule is CC(Cc1ccc(F)cc1)NS(N)(=O)=O. The fourth-order valence-corrected chi connectivity index (χ4v) is 1.94. The van der Waals surface area contributed by atoms with E-state index in [1.54, 1.807) is 19.1 Å². The van der Waals surface area contributed by atoms with Crippen molar-refractivity contribution >= 4 is 10.2 Å². The van der Waals surface area contributed by atoms with Crippen molar-refractivity contribution in [2.24, 2.45) is 5.14 Å². The largest absolute Gasteiger partial charge is 0.274 e. The summed E-state index contributed by atoms with van der Waals surface area (Å²) in [6, 6.07) is 5.57. The Balaban J connectivity index is 2.59. The number of hydrogen-bond acceptors (Lipinski definition) is 2. The summed E-state index contributed by atoms with van der Waals surface area (Å²) < 4.78 is 36.2. The molecule has 0 spiro atoms. The van der Waals surface area contributed by atoms with Crippen LogP contribution in [0.3, 0.4) is 0 Å². The summed E-state index contributed by atoms with van der Waals surface area (Å²) in [5.74, 6) is -0.314. The molecule has 1 atom stereocenters. The molecule has 1 aromatic rings. The average Bonchev–Trinajstić information content (AvgIpc) is 2.05. The third-order valence-electron chi connectivity index (χ3n) is 1.82. The first kappa shape index (κ1) is 12.1. The van der Waals surface area contributed by atoms with Crippen molar-refractivity contribution in [1.82, 2.24) is 4.72 Å². The molecule has 0 fully saturated rings. The van der Waals surface area contributed by atoms with Crippen molar-refractivity contribution in [3.05, 3.63) is 35.6 Å². The van der Waals surface area contributed by atoms with Crippen LogP contribution >= 0.6 is 0 Å². The molecule has 1 rings (SSSR count). The highest BCUT2D eigenvalue weighted by Gasteiger charge is 2.09. The number of halogens is 1. The molecular weight excluding hydrogens is 219 g/mol. The van der Waals surface area contributed by atoms with E-state index in [1.165, 1.54) is 12.1 Å². The molecule has 4 nitrogen and oxygen atoms in total. The van der Waals surface area contributed by atoms with Crippen molar-refractivity contribution in [3.63, 3.8) is 0 Å². The van der Waals surface area contributed by atoms with Crippen LogP contribution in [0.15, 0.2) is 24.3 Å². The lowest BCUT2D eigenvalue weighted by atomic mass is 10.1. The number of nitrogens with two attached hydrogens (primary N) is 1. The maximum absolute atomic E-state index is 12.6. The molecule has 6 heteroatoms. The minimum absolute atomic E-state index is 0.314. The first-order chi connectivity index (χ1) is 6.87. The molecule has 0 saturated carbocycles. The van der Waals surface area contributed by atoms with E-state index in [0.29, 0.717) is 6.42 Å². The number of nitrogens with one attached hydrogen (secondary N) is 1. The molecule has 84 valence electrons. The summed E-state index contributed by atoms with van der Waals surface area (Å²) in [7, 11) is -3.68. The second-order valence-electron chi connectivity index (χ2n) is 3.39. The van der Waals surface area contributed by atoms with Gasteiger partial charge in [-0.2, -0.15) is 13.1 Å². The van der Waals surface area contributed by atoms with E-state index >= 15 is 0 Å². The molecule has 0 aliphatic heterocycles. The zero-order chi connectivity index (χ0) is 11.5. The fraction of sp³-hybridized carbons (Fsp3) is 0.333. The summed E-state index contributed by atoms with van der Waals surface area (Å²) in [5.41, 5.74) is 0.847. The fourth-order valence-electron chi connectivity index (χ4n) is 1.30. The zero-order valence-corrected chi connectivity index (χ0v) is 9.09. The molecule has 0 bridgehead atoms. The van der Waals surface area contributed by atoms with Gasteiger partial charge in [0.25, 0.3) is 10.2 Å². The van der Waals surface area contributed by atoms with Gasteiger partial charge in [0.1, 0.15) is 5.82 Å². The molecule has 1 aromatic carbocycles. The Kier molecular flexibility index (Phi) is 3.78. The molecule has 1 unspecified atom stereocenters. The Hall–Kier alpha value is -0.980. The lowest BCUT2D eigenvalue weighted by molar-refractivity contribution is 0.561. The van der Waals surface area contributed by atoms with Gasteiger partial charge in [0.2, 0.25) is 0 Å². The predicted molar refractivity (Wildman–Crippen MR) is 55.8 cm³/mol. The van der Waals surface area contributed by atoms with Crippen molar-refractivity contribution in [1.29, 1.82) is 0 Å². The van der Waals surface area contributed by atoms with E-state index < -0.39 is 10.2 Å². The quantitative estimate of drug-likeness (QED) is 0.795. The van der Waals surface area contributed by atoms with Crippen molar-refractivity contribution in [3.8, 4) is 0 Å². The van der Waals surface area contributed by atoms with E-state index in [0.717, 1.165) is 5.56 Å². The third kappa shape index (κ3) is 4.87. The van der Waals surface area contributed by atoms with Gasteiger partial charge >= 0.3 is 0 Å². The molecule has 0 radical (unpaired) electrons. The summed E-state index contributed by atoms with van der Waals surface area (Å²) in [5, 5.41) is 4.82. The number of hydrogen-bond donors (Lipinski definition) is 2. The van der Waals surface area contributed by atoms with Crippen molar-refractivity contribution in [2.45, 2.75) is 19.4 Å². The highest BCUT2D eigenvalue weighted by molar-refractivity contribution is 7.87. The van der Waals surface area contributed by atoms with Crippen LogP contribution in [0.25, 0.3) is 0 Å². The van der Waals surface area contributed by atoms with Gasteiger partial charge in [0.05, 0.1) is 0 Å². The maximum atomic E-state index is 12.6. The van der Waals surface area contributed by atoms with Crippen molar-refractivity contribution in [2.75, 3.05) is 0 Å². The lowest BCUT2D eigenvalue weighted by Crippen LogP contribution is -2.38. The van der Waals surface area contributed by atoms with E-state index in [-0.39, 0.29) is 11.9 Å². The molecule has 0 amide bonds. The summed E-state index contributed by atoms with van der Waals surface area (Å²) in [6.45, 7) is 1.69. The van der Waals surface area contributed by atoms with Gasteiger partial charge < -0.3 is 0 Å². The van der Waals surface area contributed by atoms with Gasteiger partial charge in [-0.3, -0.25) is 0 Å². The predicted octanol–water partition coefficient (Wildman–Crippen LogP) is 0.550. The van der Waals surface area contributed by atoms with E-state index in [4.69, 9.17) is 5.14 Å². The number of rotatable bonds is 4. The zero-order valence-electron chi connectivity index (χ0n) is 8.27. The highest BCUT2D eigenvalue weighted by atomic mass is 32.2.